The fraction of sp³-hybridized carbons (Fsp3) is 0.321. The number of hydrogen-bond acceptors (Lipinski definition) is 2. The van der Waals surface area contributed by atoms with Gasteiger partial charge < -0.3 is 15.1 Å². The summed E-state index contributed by atoms with van der Waals surface area (Å²) < 4.78 is 0. The van der Waals surface area contributed by atoms with Crippen LogP contribution in [0.1, 0.15) is 42.7 Å². The quantitative estimate of drug-likeness (QED) is 0.486. The Labute approximate surface area is 191 Å². The van der Waals surface area contributed by atoms with Crippen molar-refractivity contribution in [2.24, 2.45) is 0 Å². The lowest BCUT2D eigenvalue weighted by molar-refractivity contribution is 0.158. The molecule has 0 atom stereocenters. The number of nitrogens with zero attached hydrogens (tertiary/aromatic N) is 2. The van der Waals surface area contributed by atoms with Gasteiger partial charge in [0.05, 0.1) is 0 Å². The Morgan fingerprint density at radius 2 is 1.41 bits per heavy atom. The van der Waals surface area contributed by atoms with Crippen LogP contribution in [0, 0.1) is 0 Å². The molecule has 1 aliphatic rings. The van der Waals surface area contributed by atoms with E-state index in [9.17, 15) is 4.79 Å². The normalized spacial score (nSPS) is 18.1. The molecule has 0 aliphatic heterocycles. The maximum absolute atomic E-state index is 13.4. The van der Waals surface area contributed by atoms with Crippen LogP contribution in [0.4, 0.5) is 16.2 Å². The molecule has 4 nitrogen and oxygen atoms in total. The van der Waals surface area contributed by atoms with Gasteiger partial charge >= 0.3 is 6.03 Å². The van der Waals surface area contributed by atoms with Crippen molar-refractivity contribution in [1.29, 1.82) is 0 Å². The summed E-state index contributed by atoms with van der Waals surface area (Å²) in [5.74, 6) is 0.590. The van der Waals surface area contributed by atoms with Gasteiger partial charge in [0.2, 0.25) is 0 Å². The molecule has 0 spiro atoms. The zero-order valence-corrected chi connectivity index (χ0v) is 19.1. The lowest BCUT2D eigenvalue weighted by Crippen LogP contribution is -2.44. The predicted octanol–water partition coefficient (Wildman–Crippen LogP) is 6.51. The monoisotopic (exact) mass is 427 g/mol. The number of anilines is 2. The second kappa shape index (κ2) is 10.4. The van der Waals surface area contributed by atoms with Crippen molar-refractivity contribution in [3.8, 4) is 0 Å². The van der Waals surface area contributed by atoms with E-state index in [-0.39, 0.29) is 12.1 Å². The SMILES string of the molecule is CN(C)c1ccc(NC(=O)N(Cc2ccccc2)[C@H]2CC[C@H](c3ccccc3)CC2)cc1. The third-order valence-electron chi connectivity index (χ3n) is 6.50. The molecule has 166 valence electrons. The van der Waals surface area contributed by atoms with Crippen molar-refractivity contribution in [1.82, 2.24) is 4.90 Å². The highest BCUT2D eigenvalue weighted by Gasteiger charge is 2.29. The van der Waals surface area contributed by atoms with Crippen LogP contribution >= 0.6 is 0 Å². The van der Waals surface area contributed by atoms with E-state index in [2.05, 4.69) is 52.7 Å². The molecule has 1 N–H and O–H groups in total. The number of urea groups is 1. The van der Waals surface area contributed by atoms with Crippen LogP contribution in [-0.4, -0.2) is 31.1 Å². The molecular formula is C28H33N3O. The molecule has 4 rings (SSSR count). The van der Waals surface area contributed by atoms with Gasteiger partial charge in [-0.1, -0.05) is 60.7 Å². The third kappa shape index (κ3) is 5.50. The lowest BCUT2D eigenvalue weighted by atomic mass is 9.81. The van der Waals surface area contributed by atoms with Crippen LogP contribution in [0.25, 0.3) is 0 Å². The van der Waals surface area contributed by atoms with Crippen molar-refractivity contribution < 1.29 is 4.79 Å². The number of hydrogen-bond donors (Lipinski definition) is 1. The average molecular weight is 428 g/mol. The van der Waals surface area contributed by atoms with E-state index in [1.165, 1.54) is 5.56 Å². The van der Waals surface area contributed by atoms with Gasteiger partial charge in [-0.05, 0) is 67.0 Å². The van der Waals surface area contributed by atoms with Gasteiger partial charge in [-0.2, -0.15) is 0 Å². The van der Waals surface area contributed by atoms with Gasteiger partial charge in [0.25, 0.3) is 0 Å². The predicted molar refractivity (Wildman–Crippen MR) is 133 cm³/mol. The second-order valence-electron chi connectivity index (χ2n) is 8.90. The van der Waals surface area contributed by atoms with Crippen LogP contribution in [-0.2, 0) is 6.54 Å². The number of benzene rings is 3. The average Bonchev–Trinajstić information content (AvgIpc) is 2.84. The molecule has 0 saturated heterocycles. The van der Waals surface area contributed by atoms with Crippen LogP contribution < -0.4 is 10.2 Å². The first kappa shape index (κ1) is 21.9. The van der Waals surface area contributed by atoms with Crippen LogP contribution in [0.15, 0.2) is 84.9 Å². The first-order chi connectivity index (χ1) is 15.6. The maximum atomic E-state index is 13.4. The highest BCUT2D eigenvalue weighted by Crippen LogP contribution is 2.35. The van der Waals surface area contributed by atoms with E-state index in [0.29, 0.717) is 12.5 Å². The molecule has 3 aromatic rings. The molecule has 1 saturated carbocycles. The molecule has 1 fully saturated rings. The molecule has 0 unspecified atom stereocenters. The number of carbonyl (C=O) groups excluding carboxylic acids is 1. The summed E-state index contributed by atoms with van der Waals surface area (Å²) in [5.41, 5.74) is 4.53. The first-order valence-corrected chi connectivity index (χ1v) is 11.5. The molecule has 3 aromatic carbocycles. The van der Waals surface area contributed by atoms with Gasteiger partial charge in [-0.3, -0.25) is 0 Å². The highest BCUT2D eigenvalue weighted by atomic mass is 16.2. The molecule has 0 aromatic heterocycles. The lowest BCUT2D eigenvalue weighted by Gasteiger charge is -2.37. The first-order valence-electron chi connectivity index (χ1n) is 11.5. The summed E-state index contributed by atoms with van der Waals surface area (Å²) in [6, 6.07) is 29.3. The largest absolute Gasteiger partial charge is 0.378 e. The molecule has 0 bridgehead atoms. The van der Waals surface area contributed by atoms with E-state index in [1.54, 1.807) is 0 Å². The third-order valence-corrected chi connectivity index (χ3v) is 6.50. The summed E-state index contributed by atoms with van der Waals surface area (Å²) >= 11 is 0. The van der Waals surface area contributed by atoms with Gasteiger partial charge in [0, 0.05) is 38.1 Å². The fourth-order valence-electron chi connectivity index (χ4n) is 4.63. The molecule has 1 aliphatic carbocycles. The molecule has 32 heavy (non-hydrogen) atoms. The zero-order valence-electron chi connectivity index (χ0n) is 19.1. The Morgan fingerprint density at radius 3 is 2.00 bits per heavy atom. The Kier molecular flexibility index (Phi) is 7.10. The van der Waals surface area contributed by atoms with Crippen molar-refractivity contribution in [2.75, 3.05) is 24.3 Å². The molecular weight excluding hydrogens is 394 g/mol. The Hall–Kier alpha value is -3.27. The van der Waals surface area contributed by atoms with Gasteiger partial charge in [-0.25, -0.2) is 4.79 Å². The maximum Gasteiger partial charge on any atom is 0.322 e. The minimum absolute atomic E-state index is 0.0189. The number of amides is 2. The Morgan fingerprint density at radius 1 is 0.812 bits per heavy atom. The smallest absolute Gasteiger partial charge is 0.322 e. The van der Waals surface area contributed by atoms with Crippen molar-refractivity contribution in [3.05, 3.63) is 96.1 Å². The Bertz CT molecular complexity index is 978. The topological polar surface area (TPSA) is 35.6 Å². The summed E-state index contributed by atoms with van der Waals surface area (Å²) in [6.45, 7) is 0.628. The highest BCUT2D eigenvalue weighted by molar-refractivity contribution is 5.89. The van der Waals surface area contributed by atoms with E-state index in [0.717, 1.165) is 42.6 Å². The van der Waals surface area contributed by atoms with Crippen LogP contribution in [0.2, 0.25) is 0 Å². The van der Waals surface area contributed by atoms with Gasteiger partial charge in [0.15, 0.2) is 0 Å². The fourth-order valence-corrected chi connectivity index (χ4v) is 4.63. The molecule has 0 radical (unpaired) electrons. The summed E-state index contributed by atoms with van der Waals surface area (Å²) in [5, 5.41) is 3.14. The summed E-state index contributed by atoms with van der Waals surface area (Å²) in [7, 11) is 4.03. The zero-order chi connectivity index (χ0) is 22.3. The molecule has 2 amide bonds. The standard InChI is InChI=1S/C28H33N3O/c1-30(2)26-19-15-25(16-20-26)29-28(32)31(21-22-9-5-3-6-10-22)27-17-13-24(14-18-27)23-11-7-4-8-12-23/h3-12,15-16,19-20,24,27H,13-14,17-18,21H2,1-2H3,(H,29,32)/t24-,27-. The van der Waals surface area contributed by atoms with Gasteiger partial charge in [-0.15, -0.1) is 0 Å². The summed E-state index contributed by atoms with van der Waals surface area (Å²) in [6.07, 6.45) is 4.29. The van der Waals surface area contributed by atoms with Crippen molar-refractivity contribution in [2.45, 2.75) is 44.2 Å². The van der Waals surface area contributed by atoms with Crippen LogP contribution in [0.3, 0.4) is 0 Å². The van der Waals surface area contributed by atoms with E-state index in [1.807, 2.05) is 61.5 Å². The van der Waals surface area contributed by atoms with Crippen LogP contribution in [0.5, 0.6) is 0 Å². The van der Waals surface area contributed by atoms with Crippen molar-refractivity contribution >= 4 is 17.4 Å². The summed E-state index contributed by atoms with van der Waals surface area (Å²) in [4.78, 5) is 17.5. The minimum Gasteiger partial charge on any atom is -0.378 e. The number of carbonyl (C=O) groups is 1. The number of nitrogens with one attached hydrogen (secondary N) is 1. The van der Waals surface area contributed by atoms with E-state index < -0.39 is 0 Å². The molecule has 4 heteroatoms. The van der Waals surface area contributed by atoms with Gasteiger partial charge in [0.1, 0.15) is 0 Å². The number of rotatable bonds is 6. The minimum atomic E-state index is -0.0189. The molecule has 0 heterocycles. The second-order valence-corrected chi connectivity index (χ2v) is 8.90. The van der Waals surface area contributed by atoms with E-state index in [4.69, 9.17) is 0 Å². The van der Waals surface area contributed by atoms with E-state index >= 15 is 0 Å². The Balaban J connectivity index is 1.46. The van der Waals surface area contributed by atoms with Crippen molar-refractivity contribution in [3.63, 3.8) is 0 Å².